The van der Waals surface area contributed by atoms with Gasteiger partial charge in [-0.15, -0.1) is 0 Å². The van der Waals surface area contributed by atoms with Gasteiger partial charge in [0.1, 0.15) is 23.0 Å². The Kier molecular flexibility index (Phi) is 10.6. The summed E-state index contributed by atoms with van der Waals surface area (Å²) in [5.74, 6) is -1.16. The van der Waals surface area contributed by atoms with Gasteiger partial charge in [0.05, 0.1) is 48.7 Å². The molecule has 10 nitrogen and oxygen atoms in total. The molecule has 3 aromatic rings. The van der Waals surface area contributed by atoms with E-state index in [4.69, 9.17) is 28.4 Å². The Morgan fingerprint density at radius 2 is 0.700 bits per heavy atom. The topological polar surface area (TPSA) is 124 Å². The second kappa shape index (κ2) is 14.3. The van der Waals surface area contributed by atoms with Crippen LogP contribution in [0, 0.1) is 0 Å². The maximum absolute atomic E-state index is 12.4. The molecule has 0 saturated heterocycles. The SMILES string of the molecule is CCOC(=O)c1ccc(Oc2ccc(Oc3ccc(C(=O)OCC)c(C(=O)OCC)c3)cc2)cc1C(=O)OCC. The van der Waals surface area contributed by atoms with E-state index in [1.54, 1.807) is 64.1 Å². The summed E-state index contributed by atoms with van der Waals surface area (Å²) in [4.78, 5) is 49.4. The monoisotopic (exact) mass is 550 g/mol. The summed E-state index contributed by atoms with van der Waals surface area (Å²) < 4.78 is 31.9. The molecular weight excluding hydrogens is 520 g/mol. The Balaban J connectivity index is 1.79. The van der Waals surface area contributed by atoms with Crippen molar-refractivity contribution in [1.29, 1.82) is 0 Å². The molecule has 0 fully saturated rings. The second-order valence-corrected chi connectivity index (χ2v) is 7.97. The molecule has 0 aromatic heterocycles. The third kappa shape index (κ3) is 7.59. The van der Waals surface area contributed by atoms with Crippen molar-refractivity contribution in [3.8, 4) is 23.0 Å². The van der Waals surface area contributed by atoms with Crippen molar-refractivity contribution in [2.45, 2.75) is 27.7 Å². The number of esters is 4. The summed E-state index contributed by atoms with van der Waals surface area (Å²) in [7, 11) is 0. The first-order valence-electron chi connectivity index (χ1n) is 12.7. The highest BCUT2D eigenvalue weighted by Crippen LogP contribution is 2.30. The first-order valence-corrected chi connectivity index (χ1v) is 12.7. The van der Waals surface area contributed by atoms with Gasteiger partial charge < -0.3 is 28.4 Å². The molecule has 0 bridgehead atoms. The van der Waals surface area contributed by atoms with Crippen LogP contribution in [0.3, 0.4) is 0 Å². The van der Waals surface area contributed by atoms with Gasteiger partial charge in [-0.05, 0) is 88.4 Å². The van der Waals surface area contributed by atoms with E-state index in [1.807, 2.05) is 0 Å². The van der Waals surface area contributed by atoms with Crippen molar-refractivity contribution in [3.63, 3.8) is 0 Å². The Morgan fingerprint density at radius 1 is 0.425 bits per heavy atom. The summed E-state index contributed by atoms with van der Waals surface area (Å²) in [5, 5.41) is 0. The van der Waals surface area contributed by atoms with Crippen LogP contribution in [0.15, 0.2) is 60.7 Å². The number of hydrogen-bond acceptors (Lipinski definition) is 10. The molecule has 3 rings (SSSR count). The molecular formula is C30H30O10. The van der Waals surface area contributed by atoms with Crippen molar-refractivity contribution < 1.29 is 47.6 Å². The van der Waals surface area contributed by atoms with Crippen LogP contribution in [0.5, 0.6) is 23.0 Å². The maximum Gasteiger partial charge on any atom is 0.339 e. The van der Waals surface area contributed by atoms with Crippen LogP contribution in [0.25, 0.3) is 0 Å². The third-order valence-electron chi connectivity index (χ3n) is 5.26. The van der Waals surface area contributed by atoms with Gasteiger partial charge in [-0.2, -0.15) is 0 Å². The van der Waals surface area contributed by atoms with Crippen LogP contribution < -0.4 is 9.47 Å². The van der Waals surface area contributed by atoms with Crippen molar-refractivity contribution in [2.24, 2.45) is 0 Å². The standard InChI is InChI=1S/C30H30O10/c1-5-35-27(31)23-15-13-21(17-25(23)29(33)37-7-3)39-19-9-11-20(12-10-19)40-22-14-16-24(28(32)36-6-2)26(18-22)30(34)38-8-4/h9-18H,5-8H2,1-4H3. The van der Waals surface area contributed by atoms with E-state index in [-0.39, 0.29) is 48.7 Å². The third-order valence-corrected chi connectivity index (χ3v) is 5.26. The van der Waals surface area contributed by atoms with Crippen LogP contribution in [0.4, 0.5) is 0 Å². The molecule has 0 amide bonds. The lowest BCUT2D eigenvalue weighted by molar-refractivity contribution is 0.0478. The van der Waals surface area contributed by atoms with Crippen molar-refractivity contribution in [1.82, 2.24) is 0 Å². The number of hydrogen-bond donors (Lipinski definition) is 0. The molecule has 40 heavy (non-hydrogen) atoms. The first-order chi connectivity index (χ1) is 19.3. The predicted molar refractivity (Wildman–Crippen MR) is 143 cm³/mol. The Bertz CT molecular complexity index is 1260. The van der Waals surface area contributed by atoms with Gasteiger partial charge >= 0.3 is 23.9 Å². The van der Waals surface area contributed by atoms with Gasteiger partial charge in [-0.1, -0.05) is 0 Å². The molecule has 0 aliphatic heterocycles. The van der Waals surface area contributed by atoms with Gasteiger partial charge in [0.25, 0.3) is 0 Å². The average Bonchev–Trinajstić information content (AvgIpc) is 2.94. The Hall–Kier alpha value is -4.86. The van der Waals surface area contributed by atoms with Gasteiger partial charge in [0.2, 0.25) is 0 Å². The molecule has 0 aliphatic carbocycles. The molecule has 0 radical (unpaired) electrons. The predicted octanol–water partition coefficient (Wildman–Crippen LogP) is 5.98. The first kappa shape index (κ1) is 29.7. The number of carbonyl (C=O) groups excluding carboxylic acids is 4. The number of benzene rings is 3. The minimum atomic E-state index is -0.670. The number of rotatable bonds is 12. The molecule has 210 valence electrons. The fraction of sp³-hybridized carbons (Fsp3) is 0.267. The Morgan fingerprint density at radius 3 is 1.00 bits per heavy atom. The van der Waals surface area contributed by atoms with E-state index in [0.29, 0.717) is 23.0 Å². The van der Waals surface area contributed by atoms with E-state index in [1.165, 1.54) is 24.3 Å². The van der Waals surface area contributed by atoms with Crippen LogP contribution >= 0.6 is 0 Å². The van der Waals surface area contributed by atoms with Crippen molar-refractivity contribution in [3.05, 3.63) is 82.9 Å². The highest BCUT2D eigenvalue weighted by atomic mass is 16.5. The van der Waals surface area contributed by atoms with Gasteiger partial charge in [-0.25, -0.2) is 19.2 Å². The fourth-order valence-corrected chi connectivity index (χ4v) is 3.55. The summed E-state index contributed by atoms with van der Waals surface area (Å²) in [5.41, 5.74) is 0.211. The summed E-state index contributed by atoms with van der Waals surface area (Å²) >= 11 is 0. The fourth-order valence-electron chi connectivity index (χ4n) is 3.55. The van der Waals surface area contributed by atoms with Gasteiger partial charge in [-0.3, -0.25) is 0 Å². The summed E-state index contributed by atoms with van der Waals surface area (Å²) in [6, 6.07) is 15.3. The maximum atomic E-state index is 12.4. The highest BCUT2D eigenvalue weighted by molar-refractivity contribution is 6.04. The average molecular weight is 551 g/mol. The lowest BCUT2D eigenvalue weighted by atomic mass is 10.1. The normalized spacial score (nSPS) is 10.3. The van der Waals surface area contributed by atoms with Gasteiger partial charge in [0.15, 0.2) is 0 Å². The molecule has 0 heterocycles. The summed E-state index contributed by atoms with van der Waals surface area (Å²) in [6.45, 7) is 7.27. The minimum absolute atomic E-state index is 0.0291. The second-order valence-electron chi connectivity index (χ2n) is 7.97. The smallest absolute Gasteiger partial charge is 0.339 e. The van der Waals surface area contributed by atoms with Crippen LogP contribution in [0.1, 0.15) is 69.1 Å². The quantitative estimate of drug-likeness (QED) is 0.196. The molecule has 10 heteroatoms. The number of carbonyl (C=O) groups is 4. The van der Waals surface area contributed by atoms with E-state index >= 15 is 0 Å². The van der Waals surface area contributed by atoms with Gasteiger partial charge in [0, 0.05) is 0 Å². The zero-order valence-corrected chi connectivity index (χ0v) is 22.7. The van der Waals surface area contributed by atoms with E-state index in [0.717, 1.165) is 0 Å². The molecule has 0 aliphatic rings. The lowest BCUT2D eigenvalue weighted by Crippen LogP contribution is -2.14. The molecule has 0 N–H and O–H groups in total. The molecule has 0 spiro atoms. The van der Waals surface area contributed by atoms with Crippen molar-refractivity contribution in [2.75, 3.05) is 26.4 Å². The lowest BCUT2D eigenvalue weighted by Gasteiger charge is -2.13. The van der Waals surface area contributed by atoms with Crippen molar-refractivity contribution >= 4 is 23.9 Å². The largest absolute Gasteiger partial charge is 0.462 e. The van der Waals surface area contributed by atoms with Crippen LogP contribution in [0.2, 0.25) is 0 Å². The summed E-state index contributed by atoms with van der Waals surface area (Å²) in [6.07, 6.45) is 0. The molecule has 0 atom stereocenters. The highest BCUT2D eigenvalue weighted by Gasteiger charge is 2.22. The van der Waals surface area contributed by atoms with E-state index in [2.05, 4.69) is 0 Å². The molecule has 3 aromatic carbocycles. The van der Waals surface area contributed by atoms with E-state index < -0.39 is 23.9 Å². The number of ether oxygens (including phenoxy) is 6. The molecule has 0 unspecified atom stereocenters. The minimum Gasteiger partial charge on any atom is -0.462 e. The van der Waals surface area contributed by atoms with Crippen LogP contribution in [-0.4, -0.2) is 50.3 Å². The Labute approximate surface area is 231 Å². The zero-order valence-electron chi connectivity index (χ0n) is 22.7. The van der Waals surface area contributed by atoms with E-state index in [9.17, 15) is 19.2 Å². The van der Waals surface area contributed by atoms with Crippen LogP contribution in [-0.2, 0) is 18.9 Å². The molecule has 0 saturated carbocycles. The zero-order chi connectivity index (χ0) is 29.1.